The molecular weight excluding hydrogens is 210 g/mol. The van der Waals surface area contributed by atoms with Crippen molar-refractivity contribution in [2.75, 3.05) is 0 Å². The average molecular weight is 221 g/mol. The maximum absolute atomic E-state index is 9.10. The summed E-state index contributed by atoms with van der Waals surface area (Å²) in [7, 11) is 2.06. The molecule has 16 heavy (non-hydrogen) atoms. The number of carboxylic acids is 2. The molecule has 0 aliphatic rings. The molecule has 2 rings (SSSR count). The molecule has 5 nitrogen and oxygen atoms in total. The zero-order chi connectivity index (χ0) is 12.1. The monoisotopic (exact) mass is 221 g/mol. The normalized spacial score (nSPS) is 9.31. The van der Waals surface area contributed by atoms with Gasteiger partial charge in [-0.05, 0) is 17.5 Å². The largest absolute Gasteiger partial charge is 0.473 e. The molecule has 1 heterocycles. The molecule has 0 amide bonds. The van der Waals surface area contributed by atoms with Crippen LogP contribution in [0.1, 0.15) is 0 Å². The lowest BCUT2D eigenvalue weighted by atomic mass is 10.2. The molecule has 0 bridgehead atoms. The van der Waals surface area contributed by atoms with Crippen LogP contribution in [-0.4, -0.2) is 26.7 Å². The van der Waals surface area contributed by atoms with Crippen LogP contribution in [0.3, 0.4) is 0 Å². The minimum absolute atomic E-state index is 1.29. The van der Waals surface area contributed by atoms with E-state index in [1.807, 2.05) is 0 Å². The number of nitrogens with zero attached hydrogens (tertiary/aromatic N) is 1. The zero-order valence-corrected chi connectivity index (χ0v) is 8.62. The molecule has 0 spiro atoms. The second-order valence-electron chi connectivity index (χ2n) is 3.10. The fourth-order valence-electron chi connectivity index (χ4n) is 1.22. The topological polar surface area (TPSA) is 79.5 Å². The van der Waals surface area contributed by atoms with Gasteiger partial charge in [0.15, 0.2) is 0 Å². The summed E-state index contributed by atoms with van der Waals surface area (Å²) in [5.41, 5.74) is 1.29. The van der Waals surface area contributed by atoms with Gasteiger partial charge in [0.1, 0.15) is 0 Å². The predicted molar refractivity (Wildman–Crippen MR) is 58.2 cm³/mol. The maximum atomic E-state index is 9.10. The Bertz CT molecular complexity index is 503. The molecular formula is C11H11NO4. The van der Waals surface area contributed by atoms with E-state index in [9.17, 15) is 0 Å². The van der Waals surface area contributed by atoms with Crippen LogP contribution < -0.4 is 0 Å². The molecule has 0 saturated carbocycles. The van der Waals surface area contributed by atoms with Gasteiger partial charge in [0, 0.05) is 18.8 Å². The van der Waals surface area contributed by atoms with E-state index in [0.29, 0.717) is 0 Å². The lowest BCUT2D eigenvalue weighted by Gasteiger charge is -1.92. The van der Waals surface area contributed by atoms with Crippen molar-refractivity contribution in [1.82, 2.24) is 4.57 Å². The van der Waals surface area contributed by atoms with Crippen molar-refractivity contribution >= 4 is 22.8 Å². The van der Waals surface area contributed by atoms with Crippen LogP contribution >= 0.6 is 0 Å². The van der Waals surface area contributed by atoms with Crippen molar-refractivity contribution in [3.63, 3.8) is 0 Å². The molecule has 1 aromatic heterocycles. The molecule has 0 aliphatic carbocycles. The molecule has 84 valence electrons. The van der Waals surface area contributed by atoms with Gasteiger partial charge in [0.2, 0.25) is 0 Å². The first-order valence-corrected chi connectivity index (χ1v) is 4.48. The van der Waals surface area contributed by atoms with Crippen molar-refractivity contribution in [1.29, 1.82) is 0 Å². The first-order chi connectivity index (χ1) is 7.52. The molecule has 2 aromatic rings. The Morgan fingerprint density at radius 3 is 2.12 bits per heavy atom. The van der Waals surface area contributed by atoms with Crippen LogP contribution in [0.2, 0.25) is 0 Å². The summed E-state index contributed by atoms with van der Waals surface area (Å²) >= 11 is 0. The highest BCUT2D eigenvalue weighted by atomic mass is 16.4. The van der Waals surface area contributed by atoms with Crippen LogP contribution in [0.4, 0.5) is 0 Å². The zero-order valence-electron chi connectivity index (χ0n) is 8.62. The number of fused-ring (bicyclic) bond motifs is 1. The number of carbonyl (C=O) groups is 2. The third-order valence-corrected chi connectivity index (χ3v) is 1.98. The van der Waals surface area contributed by atoms with Crippen LogP contribution in [0.25, 0.3) is 10.9 Å². The van der Waals surface area contributed by atoms with Crippen molar-refractivity contribution in [3.8, 4) is 0 Å². The minimum Gasteiger partial charge on any atom is -0.473 e. The van der Waals surface area contributed by atoms with Gasteiger partial charge >= 0.3 is 11.9 Å². The second-order valence-corrected chi connectivity index (χ2v) is 3.10. The van der Waals surface area contributed by atoms with Crippen molar-refractivity contribution in [2.24, 2.45) is 7.05 Å². The average Bonchev–Trinajstić information content (AvgIpc) is 2.62. The van der Waals surface area contributed by atoms with E-state index in [-0.39, 0.29) is 0 Å². The Labute approximate surface area is 91.5 Å². The summed E-state index contributed by atoms with van der Waals surface area (Å²) in [5, 5.41) is 16.1. The number of aliphatic carboxylic acids is 2. The van der Waals surface area contributed by atoms with Crippen molar-refractivity contribution < 1.29 is 19.8 Å². The highest BCUT2D eigenvalue weighted by Crippen LogP contribution is 2.12. The Kier molecular flexibility index (Phi) is 3.66. The second kappa shape index (κ2) is 4.97. The van der Waals surface area contributed by atoms with Gasteiger partial charge in [0.25, 0.3) is 0 Å². The number of para-hydroxylation sites is 1. The van der Waals surface area contributed by atoms with Crippen LogP contribution in [0.5, 0.6) is 0 Å². The van der Waals surface area contributed by atoms with Gasteiger partial charge in [-0.25, -0.2) is 9.59 Å². The molecule has 2 N–H and O–H groups in total. The van der Waals surface area contributed by atoms with Crippen molar-refractivity contribution in [3.05, 3.63) is 36.5 Å². The molecule has 0 aliphatic heterocycles. The quantitative estimate of drug-likeness (QED) is 0.658. The number of hydrogen-bond donors (Lipinski definition) is 2. The SMILES string of the molecule is Cn1ccc2ccccc21.O=C(O)C(=O)O. The van der Waals surface area contributed by atoms with Crippen LogP contribution in [0.15, 0.2) is 36.5 Å². The van der Waals surface area contributed by atoms with Gasteiger partial charge in [-0.15, -0.1) is 0 Å². The minimum atomic E-state index is -1.82. The van der Waals surface area contributed by atoms with E-state index < -0.39 is 11.9 Å². The summed E-state index contributed by atoms with van der Waals surface area (Å²) in [5.74, 6) is -3.65. The Morgan fingerprint density at radius 1 is 1.06 bits per heavy atom. The van der Waals surface area contributed by atoms with Gasteiger partial charge in [-0.2, -0.15) is 0 Å². The van der Waals surface area contributed by atoms with Gasteiger partial charge in [-0.3, -0.25) is 0 Å². The van der Waals surface area contributed by atoms with E-state index in [2.05, 4.69) is 48.1 Å². The number of aryl methyl sites for hydroxylation is 1. The third kappa shape index (κ3) is 2.84. The number of aromatic nitrogens is 1. The van der Waals surface area contributed by atoms with Crippen LogP contribution in [-0.2, 0) is 16.6 Å². The lowest BCUT2D eigenvalue weighted by molar-refractivity contribution is -0.159. The third-order valence-electron chi connectivity index (χ3n) is 1.98. The number of carboxylic acid groups (broad SMARTS) is 2. The number of benzene rings is 1. The van der Waals surface area contributed by atoms with Crippen molar-refractivity contribution in [2.45, 2.75) is 0 Å². The fraction of sp³-hybridized carbons (Fsp3) is 0.0909. The van der Waals surface area contributed by atoms with E-state index in [4.69, 9.17) is 19.8 Å². The maximum Gasteiger partial charge on any atom is 0.414 e. The summed E-state index contributed by atoms with van der Waals surface area (Å²) < 4.78 is 2.12. The molecule has 0 saturated heterocycles. The highest BCUT2D eigenvalue weighted by molar-refractivity contribution is 6.27. The molecule has 0 unspecified atom stereocenters. The lowest BCUT2D eigenvalue weighted by Crippen LogP contribution is -2.09. The van der Waals surface area contributed by atoms with E-state index in [0.717, 1.165) is 0 Å². The van der Waals surface area contributed by atoms with Gasteiger partial charge in [0.05, 0.1) is 0 Å². The summed E-state index contributed by atoms with van der Waals surface area (Å²) in [6, 6.07) is 10.5. The predicted octanol–water partition coefficient (Wildman–Crippen LogP) is 1.33. The smallest absolute Gasteiger partial charge is 0.414 e. The van der Waals surface area contributed by atoms with E-state index in [1.54, 1.807) is 0 Å². The van der Waals surface area contributed by atoms with Gasteiger partial charge in [-0.1, -0.05) is 18.2 Å². The van der Waals surface area contributed by atoms with Crippen LogP contribution in [0, 0.1) is 0 Å². The molecule has 0 fully saturated rings. The Morgan fingerprint density at radius 2 is 1.62 bits per heavy atom. The Hall–Kier alpha value is -2.30. The molecule has 0 atom stereocenters. The summed E-state index contributed by atoms with van der Waals surface area (Å²) in [6.45, 7) is 0. The Balaban J connectivity index is 0.000000187. The molecule has 0 radical (unpaired) electrons. The number of rotatable bonds is 0. The molecule has 5 heteroatoms. The number of hydrogen-bond acceptors (Lipinski definition) is 2. The summed E-state index contributed by atoms with van der Waals surface area (Å²) in [6.07, 6.45) is 2.07. The highest BCUT2D eigenvalue weighted by Gasteiger charge is 2.04. The van der Waals surface area contributed by atoms with E-state index >= 15 is 0 Å². The van der Waals surface area contributed by atoms with Gasteiger partial charge < -0.3 is 14.8 Å². The first-order valence-electron chi connectivity index (χ1n) is 4.48. The van der Waals surface area contributed by atoms with E-state index in [1.165, 1.54) is 10.9 Å². The fourth-order valence-corrected chi connectivity index (χ4v) is 1.22. The first kappa shape index (κ1) is 11.8. The summed E-state index contributed by atoms with van der Waals surface area (Å²) in [4.78, 5) is 18.2. The molecule has 1 aromatic carbocycles. The standard InChI is InChI=1S/C9H9N.C2H2O4/c1-10-7-6-8-4-2-3-5-9(8)10;3-1(4)2(5)6/h2-7H,1H3;(H,3,4)(H,5,6).